The first-order valence-corrected chi connectivity index (χ1v) is 9.33. The second kappa shape index (κ2) is 6.78. The highest BCUT2D eigenvalue weighted by molar-refractivity contribution is 5.41. The molecule has 6 nitrogen and oxygen atoms in total. The molecule has 1 aliphatic heterocycles. The molecule has 0 N–H and O–H groups in total. The third kappa shape index (κ3) is 3.10. The van der Waals surface area contributed by atoms with Crippen LogP contribution in [0.4, 0.5) is 0 Å². The van der Waals surface area contributed by atoms with Gasteiger partial charge in [0.1, 0.15) is 5.75 Å². The number of hydrogen-bond acceptors (Lipinski definition) is 5. The molecular formula is C21H25N5O. The van der Waals surface area contributed by atoms with Gasteiger partial charge in [0.05, 0.1) is 18.3 Å². The molecule has 2 aromatic carbocycles. The quantitative estimate of drug-likeness (QED) is 0.711. The first-order chi connectivity index (χ1) is 13.0. The van der Waals surface area contributed by atoms with Crippen LogP contribution in [0.1, 0.15) is 43.8 Å². The molecule has 1 aromatic heterocycles. The maximum atomic E-state index is 5.55. The first kappa shape index (κ1) is 17.7. The third-order valence-electron chi connectivity index (χ3n) is 5.45. The van der Waals surface area contributed by atoms with E-state index < -0.39 is 0 Å². The Kier molecular flexibility index (Phi) is 4.44. The SMILES string of the molecule is CCOc1ccc(-n2nnnc2[C@H]2c3ccccc3CC(C)(C)N2C)cc1. The van der Waals surface area contributed by atoms with Crippen LogP contribution in [0, 0.1) is 0 Å². The second-order valence-electron chi connectivity index (χ2n) is 7.58. The molecule has 0 radical (unpaired) electrons. The van der Waals surface area contributed by atoms with Gasteiger partial charge in [0, 0.05) is 5.54 Å². The highest BCUT2D eigenvalue weighted by atomic mass is 16.5. The van der Waals surface area contributed by atoms with Gasteiger partial charge in [-0.05, 0) is 80.1 Å². The standard InChI is InChI=1S/C21H25N5O/c1-5-27-17-12-10-16(11-13-17)26-20(22-23-24-26)19-18-9-7-6-8-15(18)14-21(2,3)25(19)4/h6-13,19H,5,14H2,1-4H3/t19-/m1/s1. The van der Waals surface area contributed by atoms with Crippen molar-refractivity contribution in [1.82, 2.24) is 25.1 Å². The fraction of sp³-hybridized carbons (Fsp3) is 0.381. The largest absolute Gasteiger partial charge is 0.494 e. The molecule has 1 aliphatic rings. The van der Waals surface area contributed by atoms with Crippen molar-refractivity contribution in [2.45, 2.75) is 38.8 Å². The maximum Gasteiger partial charge on any atom is 0.178 e. The van der Waals surface area contributed by atoms with Crippen LogP contribution in [0.5, 0.6) is 5.75 Å². The minimum absolute atomic E-state index is 0.00785. The summed E-state index contributed by atoms with van der Waals surface area (Å²) in [5, 5.41) is 12.7. The number of ether oxygens (including phenoxy) is 1. The highest BCUT2D eigenvalue weighted by Gasteiger charge is 2.40. The van der Waals surface area contributed by atoms with Crippen molar-refractivity contribution in [2.24, 2.45) is 0 Å². The smallest absolute Gasteiger partial charge is 0.178 e. The van der Waals surface area contributed by atoms with Gasteiger partial charge in [-0.2, -0.15) is 4.68 Å². The van der Waals surface area contributed by atoms with E-state index in [0.29, 0.717) is 6.61 Å². The van der Waals surface area contributed by atoms with Crippen LogP contribution in [0.15, 0.2) is 48.5 Å². The normalized spacial score (nSPS) is 18.9. The molecule has 0 amide bonds. The lowest BCUT2D eigenvalue weighted by Gasteiger charge is -2.45. The number of aromatic nitrogens is 4. The van der Waals surface area contributed by atoms with Crippen molar-refractivity contribution >= 4 is 0 Å². The Labute approximate surface area is 159 Å². The molecule has 0 aliphatic carbocycles. The zero-order valence-corrected chi connectivity index (χ0v) is 16.3. The first-order valence-electron chi connectivity index (χ1n) is 9.33. The number of rotatable bonds is 4. The van der Waals surface area contributed by atoms with Gasteiger partial charge in [-0.15, -0.1) is 5.10 Å². The topological polar surface area (TPSA) is 56.1 Å². The molecule has 0 fully saturated rings. The van der Waals surface area contributed by atoms with Crippen molar-refractivity contribution in [2.75, 3.05) is 13.7 Å². The van der Waals surface area contributed by atoms with Crippen LogP contribution >= 0.6 is 0 Å². The number of tetrazole rings is 1. The minimum Gasteiger partial charge on any atom is -0.494 e. The Morgan fingerprint density at radius 2 is 1.85 bits per heavy atom. The van der Waals surface area contributed by atoms with Crippen molar-refractivity contribution in [1.29, 1.82) is 0 Å². The van der Waals surface area contributed by atoms with Crippen LogP contribution in [0.3, 0.4) is 0 Å². The van der Waals surface area contributed by atoms with E-state index in [2.05, 4.69) is 65.6 Å². The third-order valence-corrected chi connectivity index (χ3v) is 5.45. The van der Waals surface area contributed by atoms with Gasteiger partial charge >= 0.3 is 0 Å². The Morgan fingerprint density at radius 1 is 1.11 bits per heavy atom. The minimum atomic E-state index is -0.00785. The fourth-order valence-electron chi connectivity index (χ4n) is 3.82. The average molecular weight is 363 g/mol. The van der Waals surface area contributed by atoms with Gasteiger partial charge in [-0.1, -0.05) is 24.3 Å². The van der Waals surface area contributed by atoms with Crippen LogP contribution in [-0.2, 0) is 6.42 Å². The average Bonchev–Trinajstić information content (AvgIpc) is 3.13. The van der Waals surface area contributed by atoms with E-state index in [1.807, 2.05) is 35.9 Å². The number of fused-ring (bicyclic) bond motifs is 1. The van der Waals surface area contributed by atoms with Gasteiger partial charge in [0.2, 0.25) is 0 Å². The lowest BCUT2D eigenvalue weighted by Crippen LogP contribution is -2.49. The lowest BCUT2D eigenvalue weighted by atomic mass is 9.81. The number of benzene rings is 2. The van der Waals surface area contributed by atoms with Crippen LogP contribution in [-0.4, -0.2) is 44.3 Å². The molecule has 6 heteroatoms. The van der Waals surface area contributed by atoms with Gasteiger partial charge in [0.15, 0.2) is 5.82 Å². The molecule has 0 saturated carbocycles. The van der Waals surface area contributed by atoms with E-state index in [9.17, 15) is 0 Å². The summed E-state index contributed by atoms with van der Waals surface area (Å²) >= 11 is 0. The van der Waals surface area contributed by atoms with E-state index in [1.165, 1.54) is 11.1 Å². The molecule has 140 valence electrons. The summed E-state index contributed by atoms with van der Waals surface area (Å²) in [6.45, 7) is 7.15. The Morgan fingerprint density at radius 3 is 2.59 bits per heavy atom. The molecular weight excluding hydrogens is 338 g/mol. The van der Waals surface area contributed by atoms with Crippen molar-refractivity contribution in [3.63, 3.8) is 0 Å². The fourth-order valence-corrected chi connectivity index (χ4v) is 3.82. The summed E-state index contributed by atoms with van der Waals surface area (Å²) in [6.07, 6.45) is 1.00. The van der Waals surface area contributed by atoms with Crippen molar-refractivity contribution in [3.8, 4) is 11.4 Å². The van der Waals surface area contributed by atoms with Crippen LogP contribution < -0.4 is 4.74 Å². The van der Waals surface area contributed by atoms with Crippen molar-refractivity contribution in [3.05, 3.63) is 65.5 Å². The summed E-state index contributed by atoms with van der Waals surface area (Å²) in [5.41, 5.74) is 3.55. The summed E-state index contributed by atoms with van der Waals surface area (Å²) in [7, 11) is 2.15. The number of likely N-dealkylation sites (N-methyl/N-ethyl adjacent to an activating group) is 1. The van der Waals surface area contributed by atoms with E-state index in [-0.39, 0.29) is 11.6 Å². The molecule has 0 bridgehead atoms. The zero-order valence-electron chi connectivity index (χ0n) is 16.3. The Balaban J connectivity index is 1.79. The zero-order chi connectivity index (χ0) is 19.0. The van der Waals surface area contributed by atoms with Gasteiger partial charge < -0.3 is 4.74 Å². The monoisotopic (exact) mass is 363 g/mol. The lowest BCUT2D eigenvalue weighted by molar-refractivity contribution is 0.0993. The predicted octanol–water partition coefficient (Wildman–Crippen LogP) is 3.42. The molecule has 0 spiro atoms. The summed E-state index contributed by atoms with van der Waals surface area (Å²) in [6, 6.07) is 16.5. The highest BCUT2D eigenvalue weighted by Crippen LogP contribution is 2.40. The maximum absolute atomic E-state index is 5.55. The summed E-state index contributed by atoms with van der Waals surface area (Å²) in [4.78, 5) is 2.37. The second-order valence-corrected chi connectivity index (χ2v) is 7.58. The van der Waals surface area contributed by atoms with E-state index in [4.69, 9.17) is 4.74 Å². The van der Waals surface area contributed by atoms with Crippen LogP contribution in [0.25, 0.3) is 5.69 Å². The Hall–Kier alpha value is -2.73. The van der Waals surface area contributed by atoms with E-state index in [0.717, 1.165) is 23.7 Å². The summed E-state index contributed by atoms with van der Waals surface area (Å²) < 4.78 is 7.37. The van der Waals surface area contributed by atoms with Crippen LogP contribution in [0.2, 0.25) is 0 Å². The molecule has 0 saturated heterocycles. The molecule has 2 heterocycles. The Bertz CT molecular complexity index is 932. The number of hydrogen-bond donors (Lipinski definition) is 0. The van der Waals surface area contributed by atoms with E-state index in [1.54, 1.807) is 0 Å². The number of nitrogens with zero attached hydrogens (tertiary/aromatic N) is 5. The summed E-state index contributed by atoms with van der Waals surface area (Å²) in [5.74, 6) is 1.67. The molecule has 27 heavy (non-hydrogen) atoms. The van der Waals surface area contributed by atoms with Gasteiger partial charge in [-0.25, -0.2) is 0 Å². The van der Waals surface area contributed by atoms with E-state index >= 15 is 0 Å². The predicted molar refractivity (Wildman–Crippen MR) is 104 cm³/mol. The van der Waals surface area contributed by atoms with Gasteiger partial charge in [-0.3, -0.25) is 4.90 Å². The molecule has 4 rings (SSSR count). The molecule has 3 aromatic rings. The van der Waals surface area contributed by atoms with Crippen molar-refractivity contribution < 1.29 is 4.74 Å². The van der Waals surface area contributed by atoms with Gasteiger partial charge in [0.25, 0.3) is 0 Å². The molecule has 1 atom stereocenters. The molecule has 0 unspecified atom stereocenters.